The smallest absolute Gasteiger partial charge is 0.0695 e. The summed E-state index contributed by atoms with van der Waals surface area (Å²) in [7, 11) is 0. The summed E-state index contributed by atoms with van der Waals surface area (Å²) in [5.41, 5.74) is 0. The minimum Gasteiger partial charge on any atom is -0.393 e. The molecule has 0 bridgehead atoms. The molecule has 1 aliphatic carbocycles. The van der Waals surface area contributed by atoms with E-state index >= 15 is 0 Å². The van der Waals surface area contributed by atoms with E-state index < -0.39 is 0 Å². The fourth-order valence-corrected chi connectivity index (χ4v) is 2.74. The summed E-state index contributed by atoms with van der Waals surface area (Å²) in [6, 6.07) is 0.372. The summed E-state index contributed by atoms with van der Waals surface area (Å²) < 4.78 is 0. The van der Waals surface area contributed by atoms with E-state index in [0.29, 0.717) is 6.04 Å². The molecule has 82 valence electrons. The Labute approximate surface area is 85.7 Å². The van der Waals surface area contributed by atoms with Gasteiger partial charge < -0.3 is 10.2 Å². The molecule has 3 heteroatoms. The molecule has 0 aromatic heterocycles. The maximum atomic E-state index is 9.88. The van der Waals surface area contributed by atoms with Crippen LogP contribution in [0.25, 0.3) is 0 Å². The van der Waals surface area contributed by atoms with Gasteiger partial charge in [0.15, 0.2) is 0 Å². The van der Waals surface area contributed by atoms with E-state index in [1.165, 1.54) is 12.8 Å². The standard InChI is InChI=1S/C11H21NO2/c13-9-5-7-12(8-6-9)10-3-1-2-4-11(10)14/h9-11,13-14H,1-8H2. The molecule has 0 aromatic carbocycles. The molecule has 2 aliphatic rings. The van der Waals surface area contributed by atoms with Crippen LogP contribution >= 0.6 is 0 Å². The zero-order valence-corrected chi connectivity index (χ0v) is 8.73. The molecule has 2 rings (SSSR count). The van der Waals surface area contributed by atoms with Crippen molar-refractivity contribution in [1.29, 1.82) is 0 Å². The molecule has 2 atom stereocenters. The average Bonchev–Trinajstić information content (AvgIpc) is 2.20. The highest BCUT2D eigenvalue weighted by molar-refractivity contribution is 4.85. The Morgan fingerprint density at radius 1 is 0.857 bits per heavy atom. The van der Waals surface area contributed by atoms with E-state index in [0.717, 1.165) is 38.8 Å². The van der Waals surface area contributed by atoms with Crippen LogP contribution < -0.4 is 0 Å². The maximum absolute atomic E-state index is 9.88. The summed E-state index contributed by atoms with van der Waals surface area (Å²) in [5.74, 6) is 0. The van der Waals surface area contributed by atoms with Gasteiger partial charge in [0.2, 0.25) is 0 Å². The van der Waals surface area contributed by atoms with Gasteiger partial charge in [-0.1, -0.05) is 12.8 Å². The minimum absolute atomic E-state index is 0.105. The first-order valence-corrected chi connectivity index (χ1v) is 5.87. The molecule has 2 N–H and O–H groups in total. The highest BCUT2D eigenvalue weighted by Gasteiger charge is 2.30. The molecule has 2 unspecified atom stereocenters. The number of aliphatic hydroxyl groups is 2. The van der Waals surface area contributed by atoms with Crippen molar-refractivity contribution in [2.24, 2.45) is 0 Å². The van der Waals surface area contributed by atoms with Crippen LogP contribution in [0.15, 0.2) is 0 Å². The molecular formula is C11H21NO2. The molecule has 1 heterocycles. The first kappa shape index (κ1) is 10.4. The van der Waals surface area contributed by atoms with Crippen LogP contribution in [-0.4, -0.2) is 46.5 Å². The Kier molecular flexibility index (Phi) is 3.42. The van der Waals surface area contributed by atoms with Gasteiger partial charge in [-0.2, -0.15) is 0 Å². The quantitative estimate of drug-likeness (QED) is 0.655. The summed E-state index contributed by atoms with van der Waals surface area (Å²) in [6.45, 7) is 1.92. The molecule has 1 saturated heterocycles. The Hall–Kier alpha value is -0.120. The van der Waals surface area contributed by atoms with Gasteiger partial charge in [-0.15, -0.1) is 0 Å². The maximum Gasteiger partial charge on any atom is 0.0695 e. The normalized spacial score (nSPS) is 37.3. The highest BCUT2D eigenvalue weighted by atomic mass is 16.3. The van der Waals surface area contributed by atoms with Gasteiger partial charge >= 0.3 is 0 Å². The van der Waals surface area contributed by atoms with Crippen molar-refractivity contribution in [3.63, 3.8) is 0 Å². The van der Waals surface area contributed by atoms with E-state index in [9.17, 15) is 10.2 Å². The van der Waals surface area contributed by atoms with Crippen molar-refractivity contribution in [2.75, 3.05) is 13.1 Å². The number of nitrogens with zero attached hydrogens (tertiary/aromatic N) is 1. The molecule has 1 aliphatic heterocycles. The average molecular weight is 199 g/mol. The Morgan fingerprint density at radius 3 is 2.14 bits per heavy atom. The van der Waals surface area contributed by atoms with Crippen LogP contribution in [0.1, 0.15) is 38.5 Å². The Morgan fingerprint density at radius 2 is 1.50 bits per heavy atom. The van der Waals surface area contributed by atoms with Crippen molar-refractivity contribution in [2.45, 2.75) is 56.8 Å². The highest BCUT2D eigenvalue weighted by Crippen LogP contribution is 2.25. The molecule has 0 aromatic rings. The van der Waals surface area contributed by atoms with E-state index in [-0.39, 0.29) is 12.2 Å². The zero-order valence-electron chi connectivity index (χ0n) is 8.73. The second-order valence-electron chi connectivity index (χ2n) is 4.69. The lowest BCUT2D eigenvalue weighted by Gasteiger charge is -2.40. The van der Waals surface area contributed by atoms with E-state index in [4.69, 9.17) is 0 Å². The summed E-state index contributed by atoms with van der Waals surface area (Å²) >= 11 is 0. The Bertz CT molecular complexity index is 178. The largest absolute Gasteiger partial charge is 0.393 e. The number of rotatable bonds is 1. The van der Waals surface area contributed by atoms with E-state index in [1.807, 2.05) is 0 Å². The zero-order chi connectivity index (χ0) is 9.97. The number of hydrogen-bond donors (Lipinski definition) is 2. The van der Waals surface area contributed by atoms with Gasteiger partial charge in [-0.05, 0) is 25.7 Å². The van der Waals surface area contributed by atoms with Crippen LogP contribution in [-0.2, 0) is 0 Å². The van der Waals surface area contributed by atoms with Crippen LogP contribution in [0.4, 0.5) is 0 Å². The minimum atomic E-state index is -0.126. The number of hydrogen-bond acceptors (Lipinski definition) is 3. The molecule has 2 fully saturated rings. The SMILES string of the molecule is OC1CCN(C2CCCCC2O)CC1. The Balaban J connectivity index is 1.87. The second-order valence-corrected chi connectivity index (χ2v) is 4.69. The predicted octanol–water partition coefficient (Wildman–Crippen LogP) is 0.747. The lowest BCUT2D eigenvalue weighted by atomic mass is 9.90. The second kappa shape index (κ2) is 4.60. The first-order valence-electron chi connectivity index (χ1n) is 5.87. The van der Waals surface area contributed by atoms with Crippen molar-refractivity contribution in [3.8, 4) is 0 Å². The van der Waals surface area contributed by atoms with Crippen molar-refractivity contribution < 1.29 is 10.2 Å². The number of likely N-dealkylation sites (tertiary alicyclic amines) is 1. The van der Waals surface area contributed by atoms with Crippen LogP contribution in [0.3, 0.4) is 0 Å². The van der Waals surface area contributed by atoms with Crippen molar-refractivity contribution in [1.82, 2.24) is 4.90 Å². The number of aliphatic hydroxyl groups excluding tert-OH is 2. The molecule has 14 heavy (non-hydrogen) atoms. The van der Waals surface area contributed by atoms with Gasteiger partial charge in [0.25, 0.3) is 0 Å². The predicted molar refractivity (Wildman–Crippen MR) is 55.1 cm³/mol. The fourth-order valence-electron chi connectivity index (χ4n) is 2.74. The summed E-state index contributed by atoms with van der Waals surface area (Å²) in [5, 5.41) is 19.3. The molecule has 0 amide bonds. The molecule has 0 spiro atoms. The lowest BCUT2D eigenvalue weighted by Crippen LogP contribution is -2.49. The molecule has 0 radical (unpaired) electrons. The van der Waals surface area contributed by atoms with Crippen molar-refractivity contribution >= 4 is 0 Å². The van der Waals surface area contributed by atoms with Gasteiger partial charge in [-0.25, -0.2) is 0 Å². The number of piperidine rings is 1. The van der Waals surface area contributed by atoms with Gasteiger partial charge in [0.05, 0.1) is 12.2 Å². The molecular weight excluding hydrogens is 178 g/mol. The van der Waals surface area contributed by atoms with Gasteiger partial charge in [0.1, 0.15) is 0 Å². The third-order valence-electron chi connectivity index (χ3n) is 3.66. The van der Waals surface area contributed by atoms with E-state index in [2.05, 4.69) is 4.90 Å². The van der Waals surface area contributed by atoms with Gasteiger partial charge in [-0.3, -0.25) is 4.90 Å². The first-order chi connectivity index (χ1) is 6.77. The van der Waals surface area contributed by atoms with Crippen LogP contribution in [0.5, 0.6) is 0 Å². The van der Waals surface area contributed by atoms with Crippen LogP contribution in [0, 0.1) is 0 Å². The third kappa shape index (κ3) is 2.27. The molecule has 3 nitrogen and oxygen atoms in total. The van der Waals surface area contributed by atoms with Crippen molar-refractivity contribution in [3.05, 3.63) is 0 Å². The lowest BCUT2D eigenvalue weighted by molar-refractivity contribution is -0.0113. The summed E-state index contributed by atoms with van der Waals surface area (Å²) in [4.78, 5) is 2.37. The monoisotopic (exact) mass is 199 g/mol. The topological polar surface area (TPSA) is 43.7 Å². The molecule has 1 saturated carbocycles. The van der Waals surface area contributed by atoms with Gasteiger partial charge in [0, 0.05) is 19.1 Å². The fraction of sp³-hybridized carbons (Fsp3) is 1.00. The van der Waals surface area contributed by atoms with Crippen LogP contribution in [0.2, 0.25) is 0 Å². The van der Waals surface area contributed by atoms with E-state index in [1.54, 1.807) is 0 Å². The third-order valence-corrected chi connectivity index (χ3v) is 3.66. The summed E-state index contributed by atoms with van der Waals surface area (Å²) in [6.07, 6.45) is 6.05.